The molecule has 0 radical (unpaired) electrons. The normalized spacial score (nSPS) is 16.4. The molecule has 2 nitrogen and oxygen atoms in total. The molecule has 0 spiro atoms. The summed E-state index contributed by atoms with van der Waals surface area (Å²) in [5.41, 5.74) is 0. The number of alkyl halides is 3. The van der Waals surface area contributed by atoms with Crippen LogP contribution in [0.1, 0.15) is 13.3 Å². The Morgan fingerprint density at radius 3 is 2.12 bits per heavy atom. The van der Waals surface area contributed by atoms with E-state index < -0.39 is 25.5 Å². The van der Waals surface area contributed by atoms with Gasteiger partial charge in [0.1, 0.15) is 11.5 Å². The molecule has 6 heteroatoms. The quantitative estimate of drug-likeness (QED) is 0.725. The summed E-state index contributed by atoms with van der Waals surface area (Å²) < 4.78 is 47.1. The smallest absolute Gasteiger partial charge is 0.523 e. The van der Waals surface area contributed by atoms with Crippen LogP contribution in [-0.2, 0) is 0 Å². The number of halogens is 3. The molecule has 1 atom stereocenters. The lowest BCUT2D eigenvalue weighted by atomic mass is 9.71. The molecule has 0 bridgehead atoms. The number of para-hydroxylation sites is 2. The van der Waals surface area contributed by atoms with Gasteiger partial charge < -0.3 is 9.31 Å². The van der Waals surface area contributed by atoms with E-state index in [1.165, 1.54) is 6.92 Å². The number of hydrogen-bond acceptors (Lipinski definition) is 2. The van der Waals surface area contributed by atoms with E-state index in [9.17, 15) is 13.2 Å². The van der Waals surface area contributed by atoms with Crippen molar-refractivity contribution in [1.82, 2.24) is 0 Å². The molecule has 0 fully saturated rings. The highest BCUT2D eigenvalue weighted by Crippen LogP contribution is 2.38. The second-order valence-electron chi connectivity index (χ2n) is 3.85. The van der Waals surface area contributed by atoms with Gasteiger partial charge in [0, 0.05) is 12.2 Å². The summed E-state index contributed by atoms with van der Waals surface area (Å²) in [4.78, 5) is 0. The summed E-state index contributed by atoms with van der Waals surface area (Å²) in [6, 6.07) is 6.85. The fourth-order valence-electron chi connectivity index (χ4n) is 1.61. The Balaban J connectivity index is 2.01. The first-order valence-electron chi connectivity index (χ1n) is 4.95. The van der Waals surface area contributed by atoms with Crippen LogP contribution in [0.3, 0.4) is 0 Å². The highest BCUT2D eigenvalue weighted by Gasteiger charge is 2.43. The Hall–Kier alpha value is -1.33. The predicted octanol–water partition coefficient (Wildman–Crippen LogP) is 3.29. The topological polar surface area (TPSA) is 18.5 Å². The zero-order valence-electron chi connectivity index (χ0n) is 8.62. The monoisotopic (exact) mass is 230 g/mol. The van der Waals surface area contributed by atoms with E-state index in [4.69, 9.17) is 9.31 Å². The maximum atomic E-state index is 12.2. The highest BCUT2D eigenvalue weighted by atomic mass is 19.4. The summed E-state index contributed by atoms with van der Waals surface area (Å²) >= 11 is 0. The Labute approximate surface area is 91.5 Å². The van der Waals surface area contributed by atoms with Crippen molar-refractivity contribution in [3.8, 4) is 11.5 Å². The molecule has 0 saturated carbocycles. The molecule has 0 saturated heterocycles. The first kappa shape index (κ1) is 11.2. The summed E-state index contributed by atoms with van der Waals surface area (Å²) in [5, 5.41) is 0. The predicted molar refractivity (Wildman–Crippen MR) is 53.5 cm³/mol. The molecule has 1 aliphatic heterocycles. The van der Waals surface area contributed by atoms with Crippen LogP contribution in [0.2, 0.25) is 5.82 Å². The van der Waals surface area contributed by atoms with E-state index in [0.717, 1.165) is 0 Å². The Bertz CT molecular complexity index is 356. The van der Waals surface area contributed by atoms with Crippen molar-refractivity contribution < 1.29 is 22.5 Å². The maximum absolute atomic E-state index is 12.2. The third kappa shape index (κ3) is 2.43. The van der Waals surface area contributed by atoms with Crippen molar-refractivity contribution in [3.63, 3.8) is 0 Å². The molecule has 0 amide bonds. The van der Waals surface area contributed by atoms with Crippen molar-refractivity contribution in [2.45, 2.75) is 25.3 Å². The van der Waals surface area contributed by atoms with Crippen molar-refractivity contribution in [1.29, 1.82) is 0 Å². The Morgan fingerprint density at radius 1 is 1.19 bits per heavy atom. The molecule has 1 aromatic rings. The molecule has 1 aromatic carbocycles. The first-order valence-corrected chi connectivity index (χ1v) is 4.95. The molecule has 1 heterocycles. The summed E-state index contributed by atoms with van der Waals surface area (Å²) in [6.07, 6.45) is -5.10. The number of hydrogen-bond donors (Lipinski definition) is 0. The van der Waals surface area contributed by atoms with Crippen LogP contribution in [0.5, 0.6) is 11.5 Å². The molecule has 86 valence electrons. The maximum Gasteiger partial charge on any atom is 0.598 e. The average molecular weight is 230 g/mol. The molecule has 1 unspecified atom stereocenters. The zero-order valence-corrected chi connectivity index (χ0v) is 8.62. The van der Waals surface area contributed by atoms with Gasteiger partial charge in [-0.15, -0.1) is 0 Å². The van der Waals surface area contributed by atoms with E-state index >= 15 is 0 Å². The van der Waals surface area contributed by atoms with Gasteiger partial charge >= 0.3 is 13.3 Å². The largest absolute Gasteiger partial charge is 0.598 e. The van der Waals surface area contributed by atoms with Gasteiger partial charge in [-0.3, -0.25) is 0 Å². The molecular weight excluding hydrogens is 220 g/mol. The van der Waals surface area contributed by atoms with E-state index in [0.29, 0.717) is 11.5 Å². The lowest BCUT2D eigenvalue weighted by Gasteiger charge is -2.14. The second-order valence-corrected chi connectivity index (χ2v) is 3.85. The number of rotatable bonds is 2. The lowest BCUT2D eigenvalue weighted by Crippen LogP contribution is -2.32. The highest BCUT2D eigenvalue weighted by molar-refractivity contribution is 6.49. The van der Waals surface area contributed by atoms with Crippen LogP contribution in [0.4, 0.5) is 13.2 Å². The van der Waals surface area contributed by atoms with Crippen molar-refractivity contribution in [3.05, 3.63) is 24.3 Å². The summed E-state index contributed by atoms with van der Waals surface area (Å²) in [6.45, 7) is 1.46. The van der Waals surface area contributed by atoms with Crippen LogP contribution in [0.15, 0.2) is 24.3 Å². The zero-order chi connectivity index (χ0) is 11.8. The van der Waals surface area contributed by atoms with Crippen molar-refractivity contribution in [2.75, 3.05) is 0 Å². The fraction of sp³-hybridized carbons (Fsp3) is 0.400. The summed E-state index contributed by atoms with van der Waals surface area (Å²) in [5.74, 6) is 0.274. The van der Waals surface area contributed by atoms with E-state index in [1.54, 1.807) is 24.3 Å². The minimum absolute atomic E-state index is 0.501. The standard InChI is InChI=1S/C10H10BF3O2/c1-7(6-10(12,13)14)11-15-8-4-2-3-5-9(8)16-11/h2-5,7H,6H2,1H3. The fourth-order valence-corrected chi connectivity index (χ4v) is 1.61. The van der Waals surface area contributed by atoms with Crippen LogP contribution < -0.4 is 9.31 Å². The molecular formula is C10H10BF3O2. The van der Waals surface area contributed by atoms with Gasteiger partial charge in [0.2, 0.25) is 0 Å². The van der Waals surface area contributed by atoms with Gasteiger partial charge in [-0.25, -0.2) is 0 Å². The van der Waals surface area contributed by atoms with Crippen LogP contribution >= 0.6 is 0 Å². The molecule has 16 heavy (non-hydrogen) atoms. The van der Waals surface area contributed by atoms with Gasteiger partial charge in [-0.05, 0) is 12.1 Å². The van der Waals surface area contributed by atoms with Gasteiger partial charge in [-0.2, -0.15) is 13.2 Å². The molecule has 0 N–H and O–H groups in total. The Kier molecular flexibility index (Phi) is 2.74. The molecule has 1 aliphatic rings. The lowest BCUT2D eigenvalue weighted by molar-refractivity contribution is -0.135. The molecule has 2 rings (SSSR count). The average Bonchev–Trinajstić information content (AvgIpc) is 2.58. The van der Waals surface area contributed by atoms with E-state index in [2.05, 4.69) is 0 Å². The third-order valence-corrected chi connectivity index (χ3v) is 2.35. The van der Waals surface area contributed by atoms with Crippen molar-refractivity contribution in [2.24, 2.45) is 0 Å². The van der Waals surface area contributed by atoms with Crippen LogP contribution in [0, 0.1) is 0 Å². The van der Waals surface area contributed by atoms with Gasteiger partial charge in [-0.1, -0.05) is 19.1 Å². The number of fused-ring (bicyclic) bond motifs is 1. The third-order valence-electron chi connectivity index (χ3n) is 2.35. The second kappa shape index (κ2) is 3.92. The van der Waals surface area contributed by atoms with E-state index in [-0.39, 0.29) is 0 Å². The van der Waals surface area contributed by atoms with Gasteiger partial charge in [0.15, 0.2) is 0 Å². The Morgan fingerprint density at radius 2 is 1.69 bits per heavy atom. The SMILES string of the molecule is CC(CC(F)(F)F)B1Oc2ccccc2O1. The van der Waals surface area contributed by atoms with Crippen LogP contribution in [-0.4, -0.2) is 13.3 Å². The van der Waals surface area contributed by atoms with Crippen molar-refractivity contribution >= 4 is 7.12 Å². The van der Waals surface area contributed by atoms with Gasteiger partial charge in [0.25, 0.3) is 0 Å². The molecule has 0 aliphatic carbocycles. The summed E-state index contributed by atoms with van der Waals surface area (Å²) in [7, 11) is -0.848. The van der Waals surface area contributed by atoms with Crippen LogP contribution in [0.25, 0.3) is 0 Å². The minimum Gasteiger partial charge on any atom is -0.523 e. The number of benzene rings is 1. The van der Waals surface area contributed by atoms with Gasteiger partial charge in [0.05, 0.1) is 0 Å². The minimum atomic E-state index is -4.19. The molecule has 0 aromatic heterocycles. The first-order chi connectivity index (χ1) is 7.46. The van der Waals surface area contributed by atoms with E-state index in [1.807, 2.05) is 0 Å².